The maximum atomic E-state index is 13.1. The summed E-state index contributed by atoms with van der Waals surface area (Å²) >= 11 is 3.45. The molecule has 0 aliphatic rings. The van der Waals surface area contributed by atoms with E-state index in [1.807, 2.05) is 74.0 Å². The Morgan fingerprint density at radius 1 is 1.12 bits per heavy atom. The van der Waals surface area contributed by atoms with E-state index in [4.69, 9.17) is 9.26 Å². The lowest BCUT2D eigenvalue weighted by atomic mass is 10.2. The number of halogens is 1. The molecule has 0 bridgehead atoms. The maximum Gasteiger partial charge on any atom is 0.278 e. The molecule has 170 valence electrons. The molecule has 1 N–H and O–H groups in total. The smallest absolute Gasteiger partial charge is 0.278 e. The highest BCUT2D eigenvalue weighted by molar-refractivity contribution is 9.10. The number of nitrogens with zero attached hydrogens (tertiary/aromatic N) is 3. The Bertz CT molecular complexity index is 1290. The van der Waals surface area contributed by atoms with E-state index in [1.165, 1.54) is 0 Å². The SMILES string of the molecule is Cc1cccc(OCc2c(C(=O)Nc3c(C)nn(Cc4ccc(Br)cc4)c3C)noc2C)c1. The van der Waals surface area contributed by atoms with Gasteiger partial charge in [-0.2, -0.15) is 5.10 Å². The summed E-state index contributed by atoms with van der Waals surface area (Å²) in [6.07, 6.45) is 0. The molecule has 2 aromatic carbocycles. The number of aromatic nitrogens is 3. The van der Waals surface area contributed by atoms with Crippen LogP contribution < -0.4 is 10.1 Å². The van der Waals surface area contributed by atoms with Crippen molar-refractivity contribution in [1.82, 2.24) is 14.9 Å². The summed E-state index contributed by atoms with van der Waals surface area (Å²) in [5, 5.41) is 11.6. The number of carbonyl (C=O) groups is 1. The highest BCUT2D eigenvalue weighted by atomic mass is 79.9. The van der Waals surface area contributed by atoms with Crippen molar-refractivity contribution >= 4 is 27.5 Å². The first-order chi connectivity index (χ1) is 15.8. The molecule has 2 aromatic heterocycles. The third kappa shape index (κ3) is 5.17. The second kappa shape index (κ2) is 9.62. The Hall–Kier alpha value is -3.39. The number of hydrogen-bond acceptors (Lipinski definition) is 5. The molecular formula is C25H25BrN4O3. The average Bonchev–Trinajstić information content (AvgIpc) is 3.28. The molecule has 1 amide bonds. The van der Waals surface area contributed by atoms with Crippen molar-refractivity contribution in [3.63, 3.8) is 0 Å². The second-order valence-electron chi connectivity index (χ2n) is 7.96. The lowest BCUT2D eigenvalue weighted by Gasteiger charge is -2.09. The molecule has 0 fully saturated rings. The minimum atomic E-state index is -0.357. The van der Waals surface area contributed by atoms with Crippen molar-refractivity contribution in [2.75, 3.05) is 5.32 Å². The number of rotatable bonds is 7. The third-order valence-corrected chi connectivity index (χ3v) is 5.97. The van der Waals surface area contributed by atoms with E-state index >= 15 is 0 Å². The zero-order chi connectivity index (χ0) is 23.5. The lowest BCUT2D eigenvalue weighted by molar-refractivity contribution is 0.101. The molecule has 2 heterocycles. The van der Waals surface area contributed by atoms with Gasteiger partial charge in [-0.05, 0) is 63.1 Å². The quantitative estimate of drug-likeness (QED) is 0.343. The zero-order valence-corrected chi connectivity index (χ0v) is 20.6. The standard InChI is InChI=1S/C25H25BrN4O3/c1-15-6-5-7-21(12-15)32-14-22-18(4)33-29-24(22)25(31)27-23-16(2)28-30(17(23)3)13-19-8-10-20(26)11-9-19/h5-12H,13-14H2,1-4H3,(H,27,31). The van der Waals surface area contributed by atoms with Crippen molar-refractivity contribution < 1.29 is 14.1 Å². The molecule has 0 saturated carbocycles. The fraction of sp³-hybridized carbons (Fsp3) is 0.240. The van der Waals surface area contributed by atoms with Gasteiger partial charge in [0.2, 0.25) is 0 Å². The van der Waals surface area contributed by atoms with Gasteiger partial charge < -0.3 is 14.6 Å². The van der Waals surface area contributed by atoms with Gasteiger partial charge in [0.05, 0.1) is 29.2 Å². The topological polar surface area (TPSA) is 82.2 Å². The molecule has 4 aromatic rings. The normalized spacial score (nSPS) is 10.9. The summed E-state index contributed by atoms with van der Waals surface area (Å²) in [6.45, 7) is 8.36. The summed E-state index contributed by atoms with van der Waals surface area (Å²) < 4.78 is 14.1. The molecule has 0 atom stereocenters. The number of ether oxygens (including phenoxy) is 1. The third-order valence-electron chi connectivity index (χ3n) is 5.44. The van der Waals surface area contributed by atoms with Gasteiger partial charge >= 0.3 is 0 Å². The summed E-state index contributed by atoms with van der Waals surface area (Å²) in [5.41, 5.74) is 5.30. The van der Waals surface area contributed by atoms with Crippen LogP contribution in [0.5, 0.6) is 5.75 Å². The Labute approximate surface area is 200 Å². The maximum absolute atomic E-state index is 13.1. The molecule has 33 heavy (non-hydrogen) atoms. The van der Waals surface area contributed by atoms with Gasteiger partial charge in [-0.3, -0.25) is 9.48 Å². The van der Waals surface area contributed by atoms with Gasteiger partial charge in [0, 0.05) is 4.47 Å². The first-order valence-electron chi connectivity index (χ1n) is 10.6. The average molecular weight is 509 g/mol. The van der Waals surface area contributed by atoms with Crippen molar-refractivity contribution in [3.8, 4) is 5.75 Å². The monoisotopic (exact) mass is 508 g/mol. The minimum Gasteiger partial charge on any atom is -0.489 e. The lowest BCUT2D eigenvalue weighted by Crippen LogP contribution is -2.16. The van der Waals surface area contributed by atoms with Crippen molar-refractivity contribution in [3.05, 3.63) is 92.5 Å². The first kappa shape index (κ1) is 22.8. The van der Waals surface area contributed by atoms with Crippen LogP contribution in [0.15, 0.2) is 57.5 Å². The van der Waals surface area contributed by atoms with Crippen LogP contribution in [-0.2, 0) is 13.2 Å². The molecule has 0 aliphatic heterocycles. The van der Waals surface area contributed by atoms with Crippen LogP contribution >= 0.6 is 15.9 Å². The number of nitrogens with one attached hydrogen (secondary N) is 1. The minimum absolute atomic E-state index is 0.183. The number of carbonyl (C=O) groups excluding carboxylic acids is 1. The van der Waals surface area contributed by atoms with Gasteiger partial charge in [-0.15, -0.1) is 0 Å². The van der Waals surface area contributed by atoms with E-state index in [-0.39, 0.29) is 18.2 Å². The van der Waals surface area contributed by atoms with E-state index in [0.29, 0.717) is 23.6 Å². The van der Waals surface area contributed by atoms with Crippen LogP contribution in [0.3, 0.4) is 0 Å². The van der Waals surface area contributed by atoms with Gasteiger partial charge in [-0.1, -0.05) is 45.4 Å². The van der Waals surface area contributed by atoms with E-state index in [2.05, 4.69) is 31.5 Å². The Balaban J connectivity index is 1.51. The number of aryl methyl sites for hydroxylation is 3. The molecule has 0 spiro atoms. The molecule has 8 heteroatoms. The van der Waals surface area contributed by atoms with Crippen LogP contribution in [0.25, 0.3) is 0 Å². The van der Waals surface area contributed by atoms with E-state index in [0.717, 1.165) is 32.7 Å². The van der Waals surface area contributed by atoms with Crippen LogP contribution in [0, 0.1) is 27.7 Å². The van der Waals surface area contributed by atoms with Gasteiger partial charge in [0.1, 0.15) is 18.1 Å². The fourth-order valence-electron chi connectivity index (χ4n) is 3.57. The summed E-state index contributed by atoms with van der Waals surface area (Å²) in [5.74, 6) is 0.916. The molecule has 0 saturated heterocycles. The van der Waals surface area contributed by atoms with Crippen molar-refractivity contribution in [1.29, 1.82) is 0 Å². The number of anilines is 1. The Morgan fingerprint density at radius 2 is 1.88 bits per heavy atom. The summed E-state index contributed by atoms with van der Waals surface area (Å²) in [7, 11) is 0. The predicted octanol–water partition coefficient (Wildman–Crippen LogP) is 5.75. The number of hydrogen-bond donors (Lipinski definition) is 1. The van der Waals surface area contributed by atoms with E-state index in [1.54, 1.807) is 6.92 Å². The van der Waals surface area contributed by atoms with Gasteiger partial charge in [-0.25, -0.2) is 0 Å². The highest BCUT2D eigenvalue weighted by Crippen LogP contribution is 2.24. The van der Waals surface area contributed by atoms with E-state index in [9.17, 15) is 4.79 Å². The van der Waals surface area contributed by atoms with Crippen LogP contribution in [0.4, 0.5) is 5.69 Å². The highest BCUT2D eigenvalue weighted by Gasteiger charge is 2.23. The fourth-order valence-corrected chi connectivity index (χ4v) is 3.83. The molecule has 0 radical (unpaired) electrons. The van der Waals surface area contributed by atoms with Crippen LogP contribution in [-0.4, -0.2) is 20.8 Å². The second-order valence-corrected chi connectivity index (χ2v) is 8.87. The zero-order valence-electron chi connectivity index (χ0n) is 19.0. The largest absolute Gasteiger partial charge is 0.489 e. The molecule has 0 aliphatic carbocycles. The number of amides is 1. The Kier molecular flexibility index (Phi) is 6.65. The molecule has 4 rings (SSSR count). The predicted molar refractivity (Wildman–Crippen MR) is 130 cm³/mol. The van der Waals surface area contributed by atoms with Crippen molar-refractivity contribution in [2.45, 2.75) is 40.8 Å². The molecular weight excluding hydrogens is 484 g/mol. The van der Waals surface area contributed by atoms with Crippen LogP contribution in [0.2, 0.25) is 0 Å². The Morgan fingerprint density at radius 3 is 2.61 bits per heavy atom. The van der Waals surface area contributed by atoms with Gasteiger partial charge in [0.25, 0.3) is 5.91 Å². The van der Waals surface area contributed by atoms with Crippen LogP contribution in [0.1, 0.15) is 44.3 Å². The summed E-state index contributed by atoms with van der Waals surface area (Å²) in [4.78, 5) is 13.1. The van der Waals surface area contributed by atoms with Crippen molar-refractivity contribution in [2.24, 2.45) is 0 Å². The summed E-state index contributed by atoms with van der Waals surface area (Å²) in [6, 6.07) is 15.8. The van der Waals surface area contributed by atoms with Gasteiger partial charge in [0.15, 0.2) is 5.69 Å². The van der Waals surface area contributed by atoms with E-state index < -0.39 is 0 Å². The number of benzene rings is 2. The first-order valence-corrected chi connectivity index (χ1v) is 11.4. The molecule has 0 unspecified atom stereocenters. The molecule has 7 nitrogen and oxygen atoms in total.